The minimum atomic E-state index is -3.40. The van der Waals surface area contributed by atoms with Gasteiger partial charge in [-0.25, -0.2) is 13.1 Å². The van der Waals surface area contributed by atoms with Crippen LogP contribution in [0.15, 0.2) is 17.2 Å². The van der Waals surface area contributed by atoms with Crippen LogP contribution in [0.4, 0.5) is 0 Å². The topological polar surface area (TPSA) is 66.4 Å². The highest BCUT2D eigenvalue weighted by Crippen LogP contribution is 2.13. The van der Waals surface area contributed by atoms with E-state index in [1.54, 1.807) is 12.3 Å². The van der Waals surface area contributed by atoms with E-state index in [9.17, 15) is 8.42 Å². The number of rotatable bonds is 7. The summed E-state index contributed by atoms with van der Waals surface area (Å²) in [6, 6.07) is 1.72. The minimum absolute atomic E-state index is 0.340. The van der Waals surface area contributed by atoms with Crippen LogP contribution < -0.4 is 10.0 Å². The van der Waals surface area contributed by atoms with Crippen molar-refractivity contribution < 1.29 is 8.42 Å². The molecular weight excluding hydrogens is 276 g/mol. The summed E-state index contributed by atoms with van der Waals surface area (Å²) < 4.78 is 28.9. The Labute approximate surface area is 121 Å². The fourth-order valence-corrected chi connectivity index (χ4v) is 3.62. The van der Waals surface area contributed by atoms with Gasteiger partial charge < -0.3 is 14.8 Å². The molecule has 0 unspecified atom stereocenters. The van der Waals surface area contributed by atoms with Crippen LogP contribution in [0.25, 0.3) is 0 Å². The Morgan fingerprint density at radius 2 is 2.00 bits per heavy atom. The van der Waals surface area contributed by atoms with E-state index < -0.39 is 10.0 Å². The molecule has 7 heteroatoms. The maximum absolute atomic E-state index is 12.2. The van der Waals surface area contributed by atoms with Gasteiger partial charge in [-0.05, 0) is 39.0 Å². The van der Waals surface area contributed by atoms with Crippen molar-refractivity contribution in [2.24, 2.45) is 7.05 Å². The normalized spacial score (nSPS) is 16.9. The van der Waals surface area contributed by atoms with Crippen LogP contribution in [0.3, 0.4) is 0 Å². The average molecular weight is 300 g/mol. The molecule has 0 bridgehead atoms. The number of aryl methyl sites for hydroxylation is 1. The van der Waals surface area contributed by atoms with E-state index in [4.69, 9.17) is 0 Å². The summed E-state index contributed by atoms with van der Waals surface area (Å²) in [6.45, 7) is 4.08. The van der Waals surface area contributed by atoms with Crippen molar-refractivity contribution in [2.45, 2.75) is 24.3 Å². The van der Waals surface area contributed by atoms with Gasteiger partial charge in [0.15, 0.2) is 0 Å². The molecule has 0 aliphatic carbocycles. The van der Waals surface area contributed by atoms with Gasteiger partial charge in [-0.3, -0.25) is 0 Å². The van der Waals surface area contributed by atoms with E-state index in [1.807, 2.05) is 18.7 Å². The SMILES string of the molecule is CNCc1cc(S(=O)(=O)NCCN2CCCC2)cn1C. The third kappa shape index (κ3) is 3.82. The molecule has 1 fully saturated rings. The zero-order chi connectivity index (χ0) is 14.6. The lowest BCUT2D eigenvalue weighted by molar-refractivity contribution is 0.344. The molecule has 0 saturated carbocycles. The predicted molar refractivity (Wildman–Crippen MR) is 79.0 cm³/mol. The fraction of sp³-hybridized carbons (Fsp3) is 0.692. The Morgan fingerprint density at radius 3 is 2.65 bits per heavy atom. The van der Waals surface area contributed by atoms with Crippen molar-refractivity contribution in [1.82, 2.24) is 19.5 Å². The highest BCUT2D eigenvalue weighted by atomic mass is 32.2. The first kappa shape index (κ1) is 15.5. The molecule has 1 aromatic heterocycles. The number of nitrogens with one attached hydrogen (secondary N) is 2. The van der Waals surface area contributed by atoms with Crippen LogP contribution in [-0.2, 0) is 23.6 Å². The van der Waals surface area contributed by atoms with Gasteiger partial charge in [-0.2, -0.15) is 0 Å². The maximum Gasteiger partial charge on any atom is 0.242 e. The second-order valence-electron chi connectivity index (χ2n) is 5.25. The first-order valence-electron chi connectivity index (χ1n) is 7.05. The zero-order valence-electron chi connectivity index (χ0n) is 12.2. The van der Waals surface area contributed by atoms with E-state index in [-0.39, 0.29) is 0 Å². The molecule has 0 spiro atoms. The number of hydrogen-bond acceptors (Lipinski definition) is 4. The molecule has 0 atom stereocenters. The van der Waals surface area contributed by atoms with Crippen molar-refractivity contribution >= 4 is 10.0 Å². The summed E-state index contributed by atoms with van der Waals surface area (Å²) in [4.78, 5) is 2.63. The molecule has 1 saturated heterocycles. The molecule has 0 aromatic carbocycles. The van der Waals surface area contributed by atoms with Gasteiger partial charge in [0.25, 0.3) is 0 Å². The second kappa shape index (κ2) is 6.71. The van der Waals surface area contributed by atoms with Crippen LogP contribution in [0, 0.1) is 0 Å². The zero-order valence-corrected chi connectivity index (χ0v) is 13.0. The van der Waals surface area contributed by atoms with Gasteiger partial charge in [0.2, 0.25) is 10.0 Å². The highest BCUT2D eigenvalue weighted by molar-refractivity contribution is 7.89. The van der Waals surface area contributed by atoms with Gasteiger partial charge >= 0.3 is 0 Å². The van der Waals surface area contributed by atoms with E-state index in [1.165, 1.54) is 12.8 Å². The van der Waals surface area contributed by atoms with Crippen LogP contribution >= 0.6 is 0 Å². The summed E-state index contributed by atoms with van der Waals surface area (Å²) in [5.74, 6) is 0. The first-order valence-corrected chi connectivity index (χ1v) is 8.53. The van der Waals surface area contributed by atoms with Crippen molar-refractivity contribution in [2.75, 3.05) is 33.2 Å². The molecule has 20 heavy (non-hydrogen) atoms. The molecular formula is C13H24N4O2S. The van der Waals surface area contributed by atoms with Gasteiger partial charge in [-0.1, -0.05) is 0 Å². The number of sulfonamides is 1. The first-order chi connectivity index (χ1) is 9.53. The van der Waals surface area contributed by atoms with Gasteiger partial charge in [0, 0.05) is 38.6 Å². The Balaban J connectivity index is 1.93. The molecule has 6 nitrogen and oxygen atoms in total. The molecule has 2 rings (SSSR count). The second-order valence-corrected chi connectivity index (χ2v) is 7.02. The summed E-state index contributed by atoms with van der Waals surface area (Å²) in [5.41, 5.74) is 0.951. The lowest BCUT2D eigenvalue weighted by atomic mass is 10.4. The van der Waals surface area contributed by atoms with Crippen LogP contribution in [0.5, 0.6) is 0 Å². The summed E-state index contributed by atoms with van der Waals surface area (Å²) in [6.07, 6.45) is 4.10. The van der Waals surface area contributed by atoms with Gasteiger partial charge in [0.1, 0.15) is 0 Å². The number of nitrogens with zero attached hydrogens (tertiary/aromatic N) is 2. The van der Waals surface area contributed by atoms with Crippen molar-refractivity contribution in [3.05, 3.63) is 18.0 Å². The van der Waals surface area contributed by atoms with E-state index >= 15 is 0 Å². The van der Waals surface area contributed by atoms with E-state index in [0.717, 1.165) is 25.3 Å². The number of likely N-dealkylation sites (tertiary alicyclic amines) is 1. The monoisotopic (exact) mass is 300 g/mol. The summed E-state index contributed by atoms with van der Waals surface area (Å²) in [5, 5.41) is 3.03. The lowest BCUT2D eigenvalue weighted by Crippen LogP contribution is -2.33. The Morgan fingerprint density at radius 1 is 1.30 bits per heavy atom. The smallest absolute Gasteiger partial charge is 0.242 e. The third-order valence-corrected chi connectivity index (χ3v) is 5.10. The standard InChI is InChI=1S/C13H24N4O2S/c1-14-10-12-9-13(11-16(12)2)20(18,19)15-5-8-17-6-3-4-7-17/h9,11,14-15H,3-8,10H2,1-2H3. The van der Waals surface area contributed by atoms with Crippen LogP contribution in [0.2, 0.25) is 0 Å². The predicted octanol–water partition coefficient (Wildman–Crippen LogP) is 0.119. The summed E-state index contributed by atoms with van der Waals surface area (Å²) in [7, 11) is 0.303. The molecule has 1 aliphatic rings. The molecule has 1 aliphatic heterocycles. The fourth-order valence-electron chi connectivity index (χ4n) is 2.51. The Kier molecular flexibility index (Phi) is 5.20. The lowest BCUT2D eigenvalue weighted by Gasteiger charge is -2.14. The largest absolute Gasteiger partial charge is 0.352 e. The quantitative estimate of drug-likeness (QED) is 0.750. The number of hydrogen-bond donors (Lipinski definition) is 2. The number of aromatic nitrogens is 1. The maximum atomic E-state index is 12.2. The van der Waals surface area contributed by atoms with E-state index in [0.29, 0.717) is 18.0 Å². The molecule has 2 N–H and O–H groups in total. The highest BCUT2D eigenvalue weighted by Gasteiger charge is 2.18. The van der Waals surface area contributed by atoms with Gasteiger partial charge in [-0.15, -0.1) is 0 Å². The Bertz CT molecular complexity index is 533. The van der Waals surface area contributed by atoms with Crippen molar-refractivity contribution in [3.8, 4) is 0 Å². The summed E-state index contributed by atoms with van der Waals surface area (Å²) >= 11 is 0. The minimum Gasteiger partial charge on any atom is -0.352 e. The average Bonchev–Trinajstić information content (AvgIpc) is 3.01. The molecule has 0 amide bonds. The van der Waals surface area contributed by atoms with Gasteiger partial charge in [0.05, 0.1) is 4.90 Å². The molecule has 2 heterocycles. The molecule has 114 valence electrons. The van der Waals surface area contributed by atoms with Crippen LogP contribution in [-0.4, -0.2) is 51.1 Å². The van der Waals surface area contributed by atoms with Crippen molar-refractivity contribution in [3.63, 3.8) is 0 Å². The Hall–Kier alpha value is -0.890. The van der Waals surface area contributed by atoms with Crippen LogP contribution in [0.1, 0.15) is 18.5 Å². The third-order valence-electron chi connectivity index (χ3n) is 3.67. The molecule has 1 aromatic rings. The van der Waals surface area contributed by atoms with Crippen molar-refractivity contribution in [1.29, 1.82) is 0 Å². The molecule has 0 radical (unpaired) electrons. The van der Waals surface area contributed by atoms with E-state index in [2.05, 4.69) is 14.9 Å².